The van der Waals surface area contributed by atoms with Crippen molar-refractivity contribution in [3.63, 3.8) is 0 Å². The van der Waals surface area contributed by atoms with Crippen LogP contribution < -0.4 is 20.1 Å². The molecule has 0 fully saturated rings. The number of benzene rings is 3. The second-order valence-electron chi connectivity index (χ2n) is 7.76. The van der Waals surface area contributed by atoms with E-state index in [2.05, 4.69) is 24.5 Å². The molecule has 162 valence electrons. The lowest BCUT2D eigenvalue weighted by atomic mass is 10.1. The Morgan fingerprint density at radius 2 is 1.74 bits per heavy atom. The highest BCUT2D eigenvalue weighted by Crippen LogP contribution is 2.32. The van der Waals surface area contributed by atoms with Crippen LogP contribution in [0, 0.1) is 5.92 Å². The standard InChI is InChI=1S/C26H30N2O3/c1-19(2)16-28-26(29)21-11-7-13-23(15-21)27-17-22-12-8-14-24(30-3)25(22)31-18-20-9-5-4-6-10-20/h4-15,19,27H,16-18H2,1-3H3,(H,28,29). The molecular formula is C26H30N2O3. The highest BCUT2D eigenvalue weighted by Gasteiger charge is 2.12. The number of anilines is 1. The van der Waals surface area contributed by atoms with Gasteiger partial charge < -0.3 is 20.1 Å². The Bertz CT molecular complexity index is 987. The molecule has 5 heteroatoms. The molecule has 0 heterocycles. The largest absolute Gasteiger partial charge is 0.493 e. The molecule has 0 saturated heterocycles. The SMILES string of the molecule is COc1cccc(CNc2cccc(C(=O)NCC(C)C)c2)c1OCc1ccccc1. The van der Waals surface area contributed by atoms with E-state index in [1.54, 1.807) is 7.11 Å². The normalized spacial score (nSPS) is 10.6. The molecule has 0 spiro atoms. The lowest BCUT2D eigenvalue weighted by Gasteiger charge is -2.16. The molecule has 0 aliphatic rings. The van der Waals surface area contributed by atoms with Gasteiger partial charge in [0.15, 0.2) is 11.5 Å². The molecule has 31 heavy (non-hydrogen) atoms. The van der Waals surface area contributed by atoms with Gasteiger partial charge >= 0.3 is 0 Å². The fourth-order valence-electron chi connectivity index (χ4n) is 3.12. The molecule has 0 saturated carbocycles. The third kappa shape index (κ3) is 6.51. The first kappa shape index (κ1) is 22.2. The maximum atomic E-state index is 12.4. The van der Waals surface area contributed by atoms with Gasteiger partial charge in [0.1, 0.15) is 6.61 Å². The van der Waals surface area contributed by atoms with Crippen molar-refractivity contribution in [2.45, 2.75) is 27.0 Å². The summed E-state index contributed by atoms with van der Waals surface area (Å²) in [5.41, 5.74) is 3.57. The highest BCUT2D eigenvalue weighted by molar-refractivity contribution is 5.95. The summed E-state index contributed by atoms with van der Waals surface area (Å²) in [6, 6.07) is 23.4. The van der Waals surface area contributed by atoms with Gasteiger partial charge in [-0.25, -0.2) is 0 Å². The predicted octanol–water partition coefficient (Wildman–Crippen LogP) is 5.27. The maximum absolute atomic E-state index is 12.4. The Kier molecular flexibility index (Phi) is 7.93. The molecular weight excluding hydrogens is 388 g/mol. The van der Waals surface area contributed by atoms with Crippen molar-refractivity contribution in [1.29, 1.82) is 0 Å². The minimum atomic E-state index is -0.0642. The number of hydrogen-bond donors (Lipinski definition) is 2. The zero-order valence-electron chi connectivity index (χ0n) is 18.4. The molecule has 0 aromatic heterocycles. The van der Waals surface area contributed by atoms with Crippen molar-refractivity contribution >= 4 is 11.6 Å². The van der Waals surface area contributed by atoms with Gasteiger partial charge in [-0.2, -0.15) is 0 Å². The van der Waals surface area contributed by atoms with Crippen LogP contribution in [-0.4, -0.2) is 19.6 Å². The predicted molar refractivity (Wildman–Crippen MR) is 125 cm³/mol. The van der Waals surface area contributed by atoms with E-state index in [0.717, 1.165) is 16.8 Å². The maximum Gasteiger partial charge on any atom is 0.251 e. The molecule has 0 bridgehead atoms. The van der Waals surface area contributed by atoms with Crippen LogP contribution >= 0.6 is 0 Å². The monoisotopic (exact) mass is 418 g/mol. The summed E-state index contributed by atoms with van der Waals surface area (Å²) in [7, 11) is 1.64. The first-order chi connectivity index (χ1) is 15.1. The van der Waals surface area contributed by atoms with Gasteiger partial charge in [-0.05, 0) is 35.7 Å². The number of nitrogens with one attached hydrogen (secondary N) is 2. The van der Waals surface area contributed by atoms with E-state index in [1.807, 2.05) is 72.8 Å². The third-order valence-electron chi connectivity index (χ3n) is 4.78. The number of methoxy groups -OCH3 is 1. The zero-order chi connectivity index (χ0) is 22.1. The molecule has 0 aliphatic heterocycles. The Morgan fingerprint density at radius 3 is 2.48 bits per heavy atom. The molecule has 1 amide bonds. The van der Waals surface area contributed by atoms with E-state index in [9.17, 15) is 4.79 Å². The third-order valence-corrected chi connectivity index (χ3v) is 4.78. The van der Waals surface area contributed by atoms with Gasteiger partial charge in [-0.15, -0.1) is 0 Å². The summed E-state index contributed by atoms with van der Waals surface area (Å²) >= 11 is 0. The molecule has 3 aromatic carbocycles. The van der Waals surface area contributed by atoms with Gasteiger partial charge in [0.05, 0.1) is 7.11 Å². The van der Waals surface area contributed by atoms with Crippen LogP contribution in [0.4, 0.5) is 5.69 Å². The average Bonchev–Trinajstić information content (AvgIpc) is 2.80. The summed E-state index contributed by atoms with van der Waals surface area (Å²) in [6.07, 6.45) is 0. The quantitative estimate of drug-likeness (QED) is 0.471. The number of carbonyl (C=O) groups is 1. The zero-order valence-corrected chi connectivity index (χ0v) is 18.4. The van der Waals surface area contributed by atoms with Crippen LogP contribution in [-0.2, 0) is 13.2 Å². The van der Waals surface area contributed by atoms with Crippen LogP contribution in [0.25, 0.3) is 0 Å². The molecule has 0 unspecified atom stereocenters. The minimum Gasteiger partial charge on any atom is -0.493 e. The van der Waals surface area contributed by atoms with Crippen molar-refractivity contribution in [3.8, 4) is 11.5 Å². The molecule has 3 aromatic rings. The molecule has 0 aliphatic carbocycles. The number of ether oxygens (including phenoxy) is 2. The number of carbonyl (C=O) groups excluding carboxylic acids is 1. The minimum absolute atomic E-state index is 0.0642. The van der Waals surface area contributed by atoms with Crippen molar-refractivity contribution in [2.75, 3.05) is 19.0 Å². The van der Waals surface area contributed by atoms with Gasteiger partial charge in [-0.1, -0.05) is 62.4 Å². The summed E-state index contributed by atoms with van der Waals surface area (Å²) in [6.45, 7) is 5.80. The van der Waals surface area contributed by atoms with E-state index in [4.69, 9.17) is 9.47 Å². The molecule has 3 rings (SSSR count). The second-order valence-corrected chi connectivity index (χ2v) is 7.76. The van der Waals surface area contributed by atoms with E-state index in [-0.39, 0.29) is 5.91 Å². The fourth-order valence-corrected chi connectivity index (χ4v) is 3.12. The first-order valence-electron chi connectivity index (χ1n) is 10.5. The Hall–Kier alpha value is -3.47. The van der Waals surface area contributed by atoms with E-state index >= 15 is 0 Å². The number of hydrogen-bond acceptors (Lipinski definition) is 4. The molecule has 2 N–H and O–H groups in total. The van der Waals surface area contributed by atoms with Gasteiger partial charge in [-0.3, -0.25) is 4.79 Å². The lowest BCUT2D eigenvalue weighted by molar-refractivity contribution is 0.0949. The smallest absolute Gasteiger partial charge is 0.251 e. The molecule has 0 atom stereocenters. The Labute approximate surface area is 184 Å². The van der Waals surface area contributed by atoms with E-state index in [0.29, 0.717) is 42.7 Å². The highest BCUT2D eigenvalue weighted by atomic mass is 16.5. The number of amides is 1. The molecule has 0 radical (unpaired) electrons. The van der Waals surface area contributed by atoms with E-state index < -0.39 is 0 Å². The van der Waals surface area contributed by atoms with Crippen LogP contribution in [0.2, 0.25) is 0 Å². The van der Waals surface area contributed by atoms with E-state index in [1.165, 1.54) is 0 Å². The Balaban J connectivity index is 1.70. The van der Waals surface area contributed by atoms with Crippen LogP contribution in [0.15, 0.2) is 72.8 Å². The van der Waals surface area contributed by atoms with Crippen LogP contribution in [0.5, 0.6) is 11.5 Å². The summed E-state index contributed by atoms with van der Waals surface area (Å²) in [4.78, 5) is 12.4. The fraction of sp³-hybridized carbons (Fsp3) is 0.269. The first-order valence-corrected chi connectivity index (χ1v) is 10.5. The average molecular weight is 419 g/mol. The van der Waals surface area contributed by atoms with Gasteiger partial charge in [0.25, 0.3) is 5.91 Å². The topological polar surface area (TPSA) is 59.6 Å². The van der Waals surface area contributed by atoms with Crippen molar-refractivity contribution in [1.82, 2.24) is 5.32 Å². The van der Waals surface area contributed by atoms with Crippen LogP contribution in [0.1, 0.15) is 35.3 Å². The Morgan fingerprint density at radius 1 is 0.968 bits per heavy atom. The molecule has 5 nitrogen and oxygen atoms in total. The summed E-state index contributed by atoms with van der Waals surface area (Å²) in [5.74, 6) is 1.75. The van der Waals surface area contributed by atoms with Crippen molar-refractivity contribution < 1.29 is 14.3 Å². The second kappa shape index (κ2) is 11.1. The van der Waals surface area contributed by atoms with Crippen LogP contribution in [0.3, 0.4) is 0 Å². The number of rotatable bonds is 10. The summed E-state index contributed by atoms with van der Waals surface area (Å²) in [5, 5.41) is 6.35. The van der Waals surface area contributed by atoms with Crippen molar-refractivity contribution in [3.05, 3.63) is 89.5 Å². The van der Waals surface area contributed by atoms with Gasteiger partial charge in [0.2, 0.25) is 0 Å². The summed E-state index contributed by atoms with van der Waals surface area (Å²) < 4.78 is 11.6. The lowest BCUT2D eigenvalue weighted by Crippen LogP contribution is -2.27. The number of para-hydroxylation sites is 1. The van der Waals surface area contributed by atoms with Crippen molar-refractivity contribution in [2.24, 2.45) is 5.92 Å². The van der Waals surface area contributed by atoms with Gasteiger partial charge in [0, 0.05) is 29.9 Å².